The van der Waals surface area contributed by atoms with Crippen molar-refractivity contribution in [3.8, 4) is 5.75 Å². The fraction of sp³-hybridized carbons (Fsp3) is 0.647. The van der Waals surface area contributed by atoms with Gasteiger partial charge in [0.1, 0.15) is 5.75 Å². The summed E-state index contributed by atoms with van der Waals surface area (Å²) in [5.41, 5.74) is 1.05. The molecule has 0 radical (unpaired) electrons. The summed E-state index contributed by atoms with van der Waals surface area (Å²) in [4.78, 5) is 4.82. The van der Waals surface area contributed by atoms with Crippen LogP contribution in [0.3, 0.4) is 0 Å². The quantitative estimate of drug-likeness (QED) is 0.872. The Bertz CT molecular complexity index is 484. The summed E-state index contributed by atoms with van der Waals surface area (Å²) in [6.45, 7) is 11.2. The van der Waals surface area contributed by atoms with E-state index in [-0.39, 0.29) is 12.6 Å². The van der Waals surface area contributed by atoms with Crippen LogP contribution in [0, 0.1) is 0 Å². The van der Waals surface area contributed by atoms with E-state index >= 15 is 0 Å². The summed E-state index contributed by atoms with van der Waals surface area (Å²) in [5.74, 6) is 0.702. The second kappa shape index (κ2) is 8.16. The Morgan fingerprint density at radius 2 is 2.14 bits per heavy atom. The Balaban J connectivity index is 2.16. The standard InChI is InChI=1S/C17H27ClN2O2/c1-4-19-8-9-20(13(3)11-19)16(12-21)14-6-7-17(22-5-2)15(18)10-14/h6-7,10,13,16,21H,4-5,8-9,11-12H2,1-3H3. The van der Waals surface area contributed by atoms with Crippen molar-refractivity contribution in [2.24, 2.45) is 0 Å². The molecule has 2 rings (SSSR count). The Kier molecular flexibility index (Phi) is 6.50. The van der Waals surface area contributed by atoms with E-state index in [0.29, 0.717) is 23.4 Å². The molecule has 22 heavy (non-hydrogen) atoms. The van der Waals surface area contributed by atoms with E-state index in [1.54, 1.807) is 0 Å². The van der Waals surface area contributed by atoms with Gasteiger partial charge in [0.15, 0.2) is 0 Å². The molecule has 124 valence electrons. The number of ether oxygens (including phenoxy) is 1. The Hall–Kier alpha value is -0.810. The van der Waals surface area contributed by atoms with Gasteiger partial charge in [-0.3, -0.25) is 4.90 Å². The normalized spacial score (nSPS) is 21.8. The number of benzene rings is 1. The summed E-state index contributed by atoms with van der Waals surface area (Å²) in [6.07, 6.45) is 0. The van der Waals surface area contributed by atoms with Gasteiger partial charge in [-0.2, -0.15) is 0 Å². The molecule has 1 aromatic carbocycles. The number of nitrogens with zero attached hydrogens (tertiary/aromatic N) is 2. The summed E-state index contributed by atoms with van der Waals surface area (Å²) in [6, 6.07) is 6.23. The molecule has 2 atom stereocenters. The minimum absolute atomic E-state index is 0.0119. The molecule has 0 bridgehead atoms. The maximum absolute atomic E-state index is 9.91. The van der Waals surface area contributed by atoms with Crippen molar-refractivity contribution in [1.29, 1.82) is 0 Å². The number of aliphatic hydroxyl groups excluding tert-OH is 1. The molecule has 1 aliphatic rings. The van der Waals surface area contributed by atoms with Gasteiger partial charge in [0.25, 0.3) is 0 Å². The van der Waals surface area contributed by atoms with Crippen molar-refractivity contribution in [2.45, 2.75) is 32.9 Å². The van der Waals surface area contributed by atoms with Gasteiger partial charge >= 0.3 is 0 Å². The van der Waals surface area contributed by atoms with Gasteiger partial charge in [0.2, 0.25) is 0 Å². The van der Waals surface area contributed by atoms with Gasteiger partial charge < -0.3 is 14.7 Å². The molecule has 1 heterocycles. The van der Waals surface area contributed by atoms with E-state index < -0.39 is 0 Å². The maximum atomic E-state index is 9.91. The molecule has 0 aliphatic carbocycles. The van der Waals surface area contributed by atoms with Crippen molar-refractivity contribution in [1.82, 2.24) is 9.80 Å². The van der Waals surface area contributed by atoms with Crippen molar-refractivity contribution in [3.05, 3.63) is 28.8 Å². The van der Waals surface area contributed by atoms with E-state index in [1.807, 2.05) is 25.1 Å². The van der Waals surface area contributed by atoms with Crippen LogP contribution in [-0.2, 0) is 0 Å². The van der Waals surface area contributed by atoms with Gasteiger partial charge in [0.05, 0.1) is 24.3 Å². The van der Waals surface area contributed by atoms with Crippen LogP contribution in [-0.4, -0.2) is 60.3 Å². The molecule has 0 saturated carbocycles. The largest absolute Gasteiger partial charge is 0.492 e. The minimum Gasteiger partial charge on any atom is -0.492 e. The third-order valence-corrected chi connectivity index (χ3v) is 4.72. The van der Waals surface area contributed by atoms with Crippen LogP contribution >= 0.6 is 11.6 Å². The highest BCUT2D eigenvalue weighted by molar-refractivity contribution is 6.32. The number of rotatable bonds is 6. The molecule has 5 heteroatoms. The van der Waals surface area contributed by atoms with Crippen LogP contribution in [0.5, 0.6) is 5.75 Å². The first kappa shape index (κ1) is 17.5. The van der Waals surface area contributed by atoms with Gasteiger partial charge in [-0.25, -0.2) is 0 Å². The SMILES string of the molecule is CCOc1ccc(C(CO)N2CCN(CC)CC2C)cc1Cl. The first-order valence-electron chi connectivity index (χ1n) is 8.11. The Morgan fingerprint density at radius 3 is 2.68 bits per heavy atom. The first-order valence-corrected chi connectivity index (χ1v) is 8.49. The van der Waals surface area contributed by atoms with Crippen molar-refractivity contribution in [2.75, 3.05) is 39.4 Å². The molecular weight excluding hydrogens is 300 g/mol. The van der Waals surface area contributed by atoms with E-state index in [2.05, 4.69) is 23.6 Å². The summed E-state index contributed by atoms with van der Waals surface area (Å²) >= 11 is 6.30. The zero-order valence-electron chi connectivity index (χ0n) is 13.8. The first-order chi connectivity index (χ1) is 10.6. The number of piperazine rings is 1. The van der Waals surface area contributed by atoms with Crippen LogP contribution < -0.4 is 4.74 Å². The number of hydrogen-bond acceptors (Lipinski definition) is 4. The monoisotopic (exact) mass is 326 g/mol. The predicted molar refractivity (Wildman–Crippen MR) is 90.7 cm³/mol. The molecule has 0 spiro atoms. The van der Waals surface area contributed by atoms with Crippen molar-refractivity contribution < 1.29 is 9.84 Å². The van der Waals surface area contributed by atoms with Crippen LogP contribution in [0.15, 0.2) is 18.2 Å². The lowest BCUT2D eigenvalue weighted by Crippen LogP contribution is -2.53. The van der Waals surface area contributed by atoms with E-state index in [1.165, 1.54) is 0 Å². The molecule has 1 N–H and O–H groups in total. The lowest BCUT2D eigenvalue weighted by Gasteiger charge is -2.43. The third kappa shape index (κ3) is 3.93. The van der Waals surface area contributed by atoms with Crippen LogP contribution in [0.1, 0.15) is 32.4 Å². The zero-order valence-corrected chi connectivity index (χ0v) is 14.5. The zero-order chi connectivity index (χ0) is 16.1. The topological polar surface area (TPSA) is 35.9 Å². The smallest absolute Gasteiger partial charge is 0.137 e. The van der Waals surface area contributed by atoms with E-state index in [9.17, 15) is 5.11 Å². The lowest BCUT2D eigenvalue weighted by molar-refractivity contribution is 0.0271. The Morgan fingerprint density at radius 1 is 1.36 bits per heavy atom. The second-order valence-corrected chi connectivity index (χ2v) is 6.21. The third-order valence-electron chi connectivity index (χ3n) is 4.42. The minimum atomic E-state index is -0.0119. The summed E-state index contributed by atoms with van der Waals surface area (Å²) in [7, 11) is 0. The molecule has 4 nitrogen and oxygen atoms in total. The highest BCUT2D eigenvalue weighted by atomic mass is 35.5. The lowest BCUT2D eigenvalue weighted by atomic mass is 10.0. The van der Waals surface area contributed by atoms with Gasteiger partial charge in [-0.05, 0) is 38.1 Å². The van der Waals surface area contributed by atoms with Crippen molar-refractivity contribution in [3.63, 3.8) is 0 Å². The van der Waals surface area contributed by atoms with Gasteiger partial charge in [0, 0.05) is 25.7 Å². The number of likely N-dealkylation sites (N-methyl/N-ethyl adjacent to an activating group) is 1. The number of hydrogen-bond donors (Lipinski definition) is 1. The second-order valence-electron chi connectivity index (χ2n) is 5.80. The fourth-order valence-electron chi connectivity index (χ4n) is 3.20. The highest BCUT2D eigenvalue weighted by Crippen LogP contribution is 2.31. The van der Waals surface area contributed by atoms with Crippen molar-refractivity contribution >= 4 is 11.6 Å². The summed E-state index contributed by atoms with van der Waals surface area (Å²) in [5, 5.41) is 10.5. The molecule has 1 aromatic rings. The molecular formula is C17H27ClN2O2. The van der Waals surface area contributed by atoms with Crippen LogP contribution in [0.25, 0.3) is 0 Å². The predicted octanol–water partition coefficient (Wildman–Crippen LogP) is 2.80. The van der Waals surface area contributed by atoms with Crippen LogP contribution in [0.2, 0.25) is 5.02 Å². The molecule has 1 saturated heterocycles. The molecule has 2 unspecified atom stereocenters. The molecule has 0 aromatic heterocycles. The van der Waals surface area contributed by atoms with E-state index in [0.717, 1.165) is 31.7 Å². The van der Waals surface area contributed by atoms with Crippen LogP contribution in [0.4, 0.5) is 0 Å². The number of halogens is 1. The van der Waals surface area contributed by atoms with Gasteiger partial charge in [-0.1, -0.05) is 24.6 Å². The van der Waals surface area contributed by atoms with Gasteiger partial charge in [-0.15, -0.1) is 0 Å². The van der Waals surface area contributed by atoms with E-state index in [4.69, 9.17) is 16.3 Å². The highest BCUT2D eigenvalue weighted by Gasteiger charge is 2.29. The number of aliphatic hydroxyl groups is 1. The molecule has 1 fully saturated rings. The molecule has 1 aliphatic heterocycles. The maximum Gasteiger partial charge on any atom is 0.137 e. The molecule has 0 amide bonds. The fourth-order valence-corrected chi connectivity index (χ4v) is 3.44. The Labute approximate surface area is 138 Å². The average molecular weight is 327 g/mol. The average Bonchev–Trinajstić information content (AvgIpc) is 2.52. The summed E-state index contributed by atoms with van der Waals surface area (Å²) < 4.78 is 5.49.